The third-order valence-corrected chi connectivity index (χ3v) is 5.06. The van der Waals surface area contributed by atoms with Crippen molar-refractivity contribution in [3.63, 3.8) is 0 Å². The van der Waals surface area contributed by atoms with Crippen LogP contribution in [0.5, 0.6) is 0 Å². The molecule has 174 valence electrons. The van der Waals surface area contributed by atoms with Crippen LogP contribution in [-0.4, -0.2) is 20.9 Å². The van der Waals surface area contributed by atoms with E-state index in [1.165, 1.54) is 35.0 Å². The van der Waals surface area contributed by atoms with E-state index in [1.807, 2.05) is 0 Å². The molecule has 0 atom stereocenters. The maximum atomic E-state index is 13.5. The summed E-state index contributed by atoms with van der Waals surface area (Å²) in [7, 11) is 0. The first kappa shape index (κ1) is 23.0. The molecule has 0 bridgehead atoms. The van der Waals surface area contributed by atoms with Crippen LogP contribution in [0.4, 0.5) is 27.6 Å². The second-order valence-electron chi connectivity index (χ2n) is 7.36. The zero-order chi connectivity index (χ0) is 24.5. The lowest BCUT2D eigenvalue weighted by Crippen LogP contribution is -2.04. The number of benzene rings is 3. The zero-order valence-electron chi connectivity index (χ0n) is 17.3. The number of halogens is 5. The lowest BCUT2D eigenvalue weighted by molar-refractivity contribution is -0.137. The average Bonchev–Trinajstić information content (AvgIpc) is 3.24. The fourth-order valence-corrected chi connectivity index (χ4v) is 3.29. The Morgan fingerprint density at radius 1 is 0.941 bits per heavy atom. The fourth-order valence-electron chi connectivity index (χ4n) is 3.29. The molecule has 0 aliphatic heterocycles. The summed E-state index contributed by atoms with van der Waals surface area (Å²) in [5.41, 5.74) is 1.45. The Hall–Kier alpha value is -4.21. The molecule has 0 amide bonds. The third-order valence-electron chi connectivity index (χ3n) is 5.06. The molecule has 0 aliphatic rings. The molecule has 5 nitrogen and oxygen atoms in total. The van der Waals surface area contributed by atoms with E-state index < -0.39 is 29.3 Å². The molecule has 0 radical (unpaired) electrons. The second kappa shape index (κ2) is 8.97. The number of carbonyl (C=O) groups is 1. The van der Waals surface area contributed by atoms with Crippen LogP contribution in [0.15, 0.2) is 72.9 Å². The predicted molar refractivity (Wildman–Crippen MR) is 115 cm³/mol. The Labute approximate surface area is 190 Å². The molecule has 0 spiro atoms. The smallest absolute Gasteiger partial charge is 0.416 e. The van der Waals surface area contributed by atoms with Gasteiger partial charge in [0.05, 0.1) is 22.5 Å². The van der Waals surface area contributed by atoms with E-state index in [-0.39, 0.29) is 12.1 Å². The maximum absolute atomic E-state index is 13.5. The minimum atomic E-state index is -4.49. The molecule has 0 fully saturated rings. The number of nitrogens with one attached hydrogen (secondary N) is 1. The van der Waals surface area contributed by atoms with Gasteiger partial charge in [0.15, 0.2) is 11.6 Å². The van der Waals surface area contributed by atoms with Gasteiger partial charge in [-0.2, -0.15) is 18.3 Å². The van der Waals surface area contributed by atoms with Crippen LogP contribution in [0.25, 0.3) is 16.9 Å². The molecular weight excluding hydrogens is 457 g/mol. The van der Waals surface area contributed by atoms with Crippen LogP contribution in [0.1, 0.15) is 21.5 Å². The number of nitrogens with zero attached hydrogens (tertiary/aromatic N) is 2. The summed E-state index contributed by atoms with van der Waals surface area (Å²) >= 11 is 0. The summed E-state index contributed by atoms with van der Waals surface area (Å²) in [6.07, 6.45) is -2.86. The van der Waals surface area contributed by atoms with Crippen LogP contribution < -0.4 is 5.32 Å². The van der Waals surface area contributed by atoms with Crippen molar-refractivity contribution in [1.82, 2.24) is 9.78 Å². The van der Waals surface area contributed by atoms with E-state index in [2.05, 4.69) is 10.4 Å². The average molecular weight is 473 g/mol. The minimum absolute atomic E-state index is 0.0825. The summed E-state index contributed by atoms with van der Waals surface area (Å²) in [4.78, 5) is 11.1. The van der Waals surface area contributed by atoms with E-state index in [0.717, 1.165) is 24.3 Å². The molecule has 4 aromatic rings. The van der Waals surface area contributed by atoms with Crippen molar-refractivity contribution >= 4 is 11.7 Å². The normalized spacial score (nSPS) is 11.4. The molecule has 0 saturated heterocycles. The van der Waals surface area contributed by atoms with Crippen LogP contribution >= 0.6 is 0 Å². The molecule has 2 N–H and O–H groups in total. The van der Waals surface area contributed by atoms with Gasteiger partial charge in [0, 0.05) is 35.6 Å². The van der Waals surface area contributed by atoms with E-state index in [4.69, 9.17) is 5.11 Å². The van der Waals surface area contributed by atoms with Crippen LogP contribution in [0.2, 0.25) is 0 Å². The summed E-state index contributed by atoms with van der Waals surface area (Å²) in [6, 6.07) is 13.7. The molecule has 0 saturated carbocycles. The summed E-state index contributed by atoms with van der Waals surface area (Å²) in [5.74, 6) is -3.11. The number of aromatic carboxylic acids is 1. The minimum Gasteiger partial charge on any atom is -0.478 e. The molecule has 0 unspecified atom stereocenters. The van der Waals surface area contributed by atoms with Gasteiger partial charge in [-0.25, -0.2) is 18.3 Å². The summed E-state index contributed by atoms with van der Waals surface area (Å²) in [5, 5.41) is 16.5. The van der Waals surface area contributed by atoms with Crippen LogP contribution in [0, 0.1) is 11.6 Å². The zero-order valence-corrected chi connectivity index (χ0v) is 17.3. The van der Waals surface area contributed by atoms with Gasteiger partial charge in [-0.15, -0.1) is 0 Å². The topological polar surface area (TPSA) is 67.2 Å². The fraction of sp³-hybridized carbons (Fsp3) is 0.0833. The molecule has 4 rings (SSSR count). The highest BCUT2D eigenvalue weighted by atomic mass is 19.4. The lowest BCUT2D eigenvalue weighted by Gasteiger charge is -2.09. The molecule has 10 heteroatoms. The highest BCUT2D eigenvalue weighted by molar-refractivity contribution is 5.87. The van der Waals surface area contributed by atoms with Crippen LogP contribution in [0.3, 0.4) is 0 Å². The molecule has 34 heavy (non-hydrogen) atoms. The van der Waals surface area contributed by atoms with Crippen molar-refractivity contribution in [2.45, 2.75) is 12.7 Å². The first-order chi connectivity index (χ1) is 16.1. The first-order valence-electron chi connectivity index (χ1n) is 9.90. The van der Waals surface area contributed by atoms with Gasteiger partial charge in [-0.05, 0) is 48.5 Å². The highest BCUT2D eigenvalue weighted by Crippen LogP contribution is 2.32. The Balaban J connectivity index is 1.70. The van der Waals surface area contributed by atoms with E-state index in [0.29, 0.717) is 28.2 Å². The number of carboxylic acid groups (broad SMARTS) is 1. The SMILES string of the molecule is O=C(O)c1ccc(-n2cc(CNc3ccc(F)c(F)c3)c(-c3ccc(C(F)(F)F)cc3)n2)cc1. The van der Waals surface area contributed by atoms with E-state index in [1.54, 1.807) is 18.3 Å². The monoisotopic (exact) mass is 473 g/mol. The summed E-state index contributed by atoms with van der Waals surface area (Å²) in [6.45, 7) is 0.106. The Bertz CT molecular complexity index is 1330. The third kappa shape index (κ3) is 4.90. The van der Waals surface area contributed by atoms with Gasteiger partial charge in [-0.1, -0.05) is 12.1 Å². The van der Waals surface area contributed by atoms with Crippen molar-refractivity contribution < 1.29 is 31.9 Å². The number of hydrogen-bond donors (Lipinski definition) is 2. The van der Waals surface area contributed by atoms with Crippen molar-refractivity contribution in [1.29, 1.82) is 0 Å². The quantitative estimate of drug-likeness (QED) is 0.330. The predicted octanol–water partition coefficient (Wildman–Crippen LogP) is 6.15. The second-order valence-corrected chi connectivity index (χ2v) is 7.36. The molecule has 0 aliphatic carbocycles. The Morgan fingerprint density at radius 2 is 1.62 bits per heavy atom. The van der Waals surface area contributed by atoms with Crippen molar-refractivity contribution in [3.8, 4) is 16.9 Å². The van der Waals surface area contributed by atoms with Gasteiger partial charge in [0.25, 0.3) is 0 Å². The van der Waals surface area contributed by atoms with Gasteiger partial charge in [0.2, 0.25) is 0 Å². The molecular formula is C24H16F5N3O2. The molecule has 1 aromatic heterocycles. The van der Waals surface area contributed by atoms with Gasteiger partial charge in [0.1, 0.15) is 0 Å². The summed E-state index contributed by atoms with van der Waals surface area (Å²) < 4.78 is 67.1. The van der Waals surface area contributed by atoms with E-state index in [9.17, 15) is 26.7 Å². The van der Waals surface area contributed by atoms with Gasteiger partial charge < -0.3 is 10.4 Å². The van der Waals surface area contributed by atoms with Crippen molar-refractivity contribution in [3.05, 3.63) is 101 Å². The number of hydrogen-bond acceptors (Lipinski definition) is 3. The maximum Gasteiger partial charge on any atom is 0.416 e. The molecule has 3 aromatic carbocycles. The highest BCUT2D eigenvalue weighted by Gasteiger charge is 2.30. The van der Waals surface area contributed by atoms with Gasteiger partial charge >= 0.3 is 12.1 Å². The number of alkyl halides is 3. The van der Waals surface area contributed by atoms with E-state index >= 15 is 0 Å². The van der Waals surface area contributed by atoms with Crippen LogP contribution in [-0.2, 0) is 12.7 Å². The number of carboxylic acids is 1. The van der Waals surface area contributed by atoms with Crippen molar-refractivity contribution in [2.75, 3.05) is 5.32 Å². The number of rotatable bonds is 6. The number of anilines is 1. The Morgan fingerprint density at radius 3 is 2.21 bits per heavy atom. The first-order valence-corrected chi connectivity index (χ1v) is 9.90. The largest absolute Gasteiger partial charge is 0.478 e. The number of aromatic nitrogens is 2. The van der Waals surface area contributed by atoms with Crippen molar-refractivity contribution in [2.24, 2.45) is 0 Å². The van der Waals surface area contributed by atoms with Gasteiger partial charge in [-0.3, -0.25) is 0 Å². The molecule has 1 heterocycles. The standard InChI is InChI=1S/C24H16F5N3O2/c25-20-10-7-18(11-21(20)26)30-12-16-13-32(19-8-3-15(4-9-19)23(33)34)31-22(16)14-1-5-17(6-2-14)24(27,28)29/h1-11,13,30H,12H2,(H,33,34). The lowest BCUT2D eigenvalue weighted by atomic mass is 10.1. The Kier molecular flexibility index (Phi) is 6.06.